The third kappa shape index (κ3) is 8.80. The maximum absolute atomic E-state index is 14.2. The SMILES string of the molecule is CC(C)N(CCN(C)C(=O)COCCN)CC(C(=O)N1CCN(c2ncnc3c2[C@H](C)C[C@H]3O)CC1)c1ccc(Cl)cc1.Cl. The van der Waals surface area contributed by atoms with Crippen molar-refractivity contribution in [2.24, 2.45) is 5.73 Å². The Balaban J connectivity index is 0.00000529. The van der Waals surface area contributed by atoms with E-state index in [1.54, 1.807) is 11.9 Å². The fourth-order valence-electron chi connectivity index (χ4n) is 5.89. The number of fused-ring (bicyclic) bond motifs is 1. The summed E-state index contributed by atoms with van der Waals surface area (Å²) >= 11 is 6.20. The van der Waals surface area contributed by atoms with Crippen LogP contribution in [0.4, 0.5) is 5.82 Å². The Bertz CT molecular complexity index is 1230. The van der Waals surface area contributed by atoms with Gasteiger partial charge in [0.15, 0.2) is 0 Å². The minimum atomic E-state index is -0.555. The molecule has 3 atom stereocenters. The van der Waals surface area contributed by atoms with Crippen molar-refractivity contribution in [1.82, 2.24) is 24.7 Å². The molecular formula is C31H47Cl2N7O4. The lowest BCUT2D eigenvalue weighted by atomic mass is 9.95. The molecule has 1 aromatic carbocycles. The maximum atomic E-state index is 14.2. The molecule has 1 aliphatic carbocycles. The third-order valence-corrected chi connectivity index (χ3v) is 8.78. The maximum Gasteiger partial charge on any atom is 0.248 e. The number of likely N-dealkylation sites (N-methyl/N-ethyl adjacent to an activating group) is 1. The molecule has 0 bridgehead atoms. The molecule has 13 heteroatoms. The molecule has 2 amide bonds. The molecule has 3 N–H and O–H groups in total. The number of hydrogen-bond donors (Lipinski definition) is 2. The molecule has 2 aliphatic rings. The first-order valence-corrected chi connectivity index (χ1v) is 15.6. The number of aliphatic hydroxyl groups is 1. The van der Waals surface area contributed by atoms with Gasteiger partial charge in [0.2, 0.25) is 11.8 Å². The van der Waals surface area contributed by atoms with Gasteiger partial charge in [0.25, 0.3) is 0 Å². The van der Waals surface area contributed by atoms with Crippen LogP contribution in [0.2, 0.25) is 5.02 Å². The molecule has 244 valence electrons. The van der Waals surface area contributed by atoms with Crippen molar-refractivity contribution in [3.63, 3.8) is 0 Å². The predicted molar refractivity (Wildman–Crippen MR) is 174 cm³/mol. The van der Waals surface area contributed by atoms with Crippen LogP contribution in [0.5, 0.6) is 0 Å². The first kappa shape index (κ1) is 35.9. The lowest BCUT2D eigenvalue weighted by Crippen LogP contribution is -2.52. The third-order valence-electron chi connectivity index (χ3n) is 8.52. The fraction of sp³-hybridized carbons (Fsp3) is 0.613. The molecule has 1 aliphatic heterocycles. The van der Waals surface area contributed by atoms with Gasteiger partial charge in [0.1, 0.15) is 18.8 Å². The molecule has 1 unspecified atom stereocenters. The number of nitrogens with zero attached hydrogens (tertiary/aromatic N) is 6. The van der Waals surface area contributed by atoms with E-state index in [1.807, 2.05) is 29.2 Å². The van der Waals surface area contributed by atoms with E-state index in [1.165, 1.54) is 6.33 Å². The molecule has 4 rings (SSSR count). The summed E-state index contributed by atoms with van der Waals surface area (Å²) in [4.78, 5) is 43.6. The Morgan fingerprint density at radius 3 is 2.45 bits per heavy atom. The monoisotopic (exact) mass is 651 g/mol. The lowest BCUT2D eigenvalue weighted by molar-refractivity contribution is -0.136. The number of amides is 2. The van der Waals surface area contributed by atoms with E-state index in [2.05, 4.69) is 40.5 Å². The first-order valence-electron chi connectivity index (χ1n) is 15.2. The smallest absolute Gasteiger partial charge is 0.248 e. The largest absolute Gasteiger partial charge is 0.387 e. The van der Waals surface area contributed by atoms with E-state index < -0.39 is 12.0 Å². The van der Waals surface area contributed by atoms with Gasteiger partial charge in [-0.05, 0) is 43.9 Å². The number of benzene rings is 1. The summed E-state index contributed by atoms with van der Waals surface area (Å²) in [6.45, 7) is 11.1. The molecule has 11 nitrogen and oxygen atoms in total. The summed E-state index contributed by atoms with van der Waals surface area (Å²) in [5.41, 5.74) is 8.12. The van der Waals surface area contributed by atoms with Crippen molar-refractivity contribution in [2.45, 2.75) is 51.2 Å². The molecule has 1 fully saturated rings. The van der Waals surface area contributed by atoms with Crippen LogP contribution in [0, 0.1) is 0 Å². The van der Waals surface area contributed by atoms with Gasteiger partial charge in [-0.15, -0.1) is 12.4 Å². The highest BCUT2D eigenvalue weighted by Crippen LogP contribution is 2.42. The molecule has 0 spiro atoms. The Kier molecular flexibility index (Phi) is 13.6. The molecule has 2 heterocycles. The second-order valence-electron chi connectivity index (χ2n) is 11.8. The van der Waals surface area contributed by atoms with Crippen LogP contribution < -0.4 is 10.6 Å². The standard InChI is InChI=1S/C31H46ClN7O4.ClH/c1-21(2)39(11-10-36(4)27(41)19-43-16-9-33)18-25(23-5-7-24(32)8-6-23)31(42)38-14-12-37(13-15-38)30-28-22(3)17-26(40)29(28)34-20-35-30;/h5-8,20-22,25-26,40H,9-19,33H2,1-4H3;1H/t22-,25?,26-;/m1./s1. The number of aromatic nitrogens is 2. The van der Waals surface area contributed by atoms with E-state index in [-0.39, 0.29) is 42.8 Å². The van der Waals surface area contributed by atoms with Gasteiger partial charge < -0.3 is 30.3 Å². The quantitative estimate of drug-likeness (QED) is 0.314. The first-order chi connectivity index (χ1) is 20.6. The lowest BCUT2D eigenvalue weighted by Gasteiger charge is -2.39. The van der Waals surface area contributed by atoms with Crippen molar-refractivity contribution < 1.29 is 19.4 Å². The average molecular weight is 653 g/mol. The van der Waals surface area contributed by atoms with E-state index in [9.17, 15) is 14.7 Å². The minimum Gasteiger partial charge on any atom is -0.387 e. The van der Waals surface area contributed by atoms with Crippen LogP contribution in [-0.4, -0.2) is 120 Å². The van der Waals surface area contributed by atoms with Crippen LogP contribution in [-0.2, 0) is 14.3 Å². The van der Waals surface area contributed by atoms with Gasteiger partial charge in [-0.2, -0.15) is 0 Å². The van der Waals surface area contributed by atoms with Crippen LogP contribution in [0.3, 0.4) is 0 Å². The summed E-state index contributed by atoms with van der Waals surface area (Å²) in [7, 11) is 1.77. The number of hydrogen-bond acceptors (Lipinski definition) is 9. The highest BCUT2D eigenvalue weighted by atomic mass is 35.5. The highest BCUT2D eigenvalue weighted by molar-refractivity contribution is 6.30. The summed E-state index contributed by atoms with van der Waals surface area (Å²) < 4.78 is 5.31. The normalized spacial score (nSPS) is 18.8. The zero-order valence-corrected chi connectivity index (χ0v) is 27.8. The Morgan fingerprint density at radius 1 is 1.14 bits per heavy atom. The van der Waals surface area contributed by atoms with Crippen LogP contribution in [0.25, 0.3) is 0 Å². The second-order valence-corrected chi connectivity index (χ2v) is 12.2. The average Bonchev–Trinajstić information content (AvgIpc) is 3.30. The second kappa shape index (κ2) is 16.7. The highest BCUT2D eigenvalue weighted by Gasteiger charge is 2.35. The number of halogens is 2. The van der Waals surface area contributed by atoms with E-state index in [0.717, 1.165) is 22.6 Å². The molecule has 0 saturated carbocycles. The molecule has 44 heavy (non-hydrogen) atoms. The van der Waals surface area contributed by atoms with Crippen molar-refractivity contribution in [3.05, 3.63) is 52.4 Å². The fourth-order valence-corrected chi connectivity index (χ4v) is 6.01. The minimum absolute atomic E-state index is 0. The summed E-state index contributed by atoms with van der Waals surface area (Å²) in [6.07, 6.45) is 1.63. The molecule has 0 radical (unpaired) electrons. The topological polar surface area (TPSA) is 128 Å². The Hall–Kier alpha value is -2.54. The van der Waals surface area contributed by atoms with Crippen molar-refractivity contribution in [3.8, 4) is 0 Å². The van der Waals surface area contributed by atoms with Gasteiger partial charge in [-0.1, -0.05) is 30.7 Å². The predicted octanol–water partition coefficient (Wildman–Crippen LogP) is 2.67. The molecule has 2 aromatic rings. The molecular weight excluding hydrogens is 605 g/mol. The van der Waals surface area contributed by atoms with Crippen molar-refractivity contribution in [2.75, 3.05) is 77.5 Å². The number of carbonyl (C=O) groups excluding carboxylic acids is 2. The number of aliphatic hydroxyl groups excluding tert-OH is 1. The van der Waals surface area contributed by atoms with Crippen LogP contribution in [0.1, 0.15) is 62.0 Å². The molecule has 1 saturated heterocycles. The van der Waals surface area contributed by atoms with Crippen molar-refractivity contribution >= 4 is 41.6 Å². The van der Waals surface area contributed by atoms with Crippen molar-refractivity contribution in [1.29, 1.82) is 0 Å². The summed E-state index contributed by atoms with van der Waals surface area (Å²) in [5, 5.41) is 11.0. The van der Waals surface area contributed by atoms with E-state index in [0.29, 0.717) is 70.4 Å². The number of ether oxygens (including phenoxy) is 1. The Labute approximate surface area is 272 Å². The summed E-state index contributed by atoms with van der Waals surface area (Å²) in [5.74, 6) is 0.638. The van der Waals surface area contributed by atoms with Gasteiger partial charge in [0, 0.05) is 76.0 Å². The number of anilines is 1. The van der Waals surface area contributed by atoms with Crippen LogP contribution >= 0.6 is 24.0 Å². The van der Waals surface area contributed by atoms with Gasteiger partial charge in [0.05, 0.1) is 24.3 Å². The van der Waals surface area contributed by atoms with Gasteiger partial charge in [-0.3, -0.25) is 14.5 Å². The molecule has 1 aromatic heterocycles. The number of piperazine rings is 1. The van der Waals surface area contributed by atoms with E-state index in [4.69, 9.17) is 22.1 Å². The number of rotatable bonds is 13. The van der Waals surface area contributed by atoms with E-state index >= 15 is 0 Å². The van der Waals surface area contributed by atoms with Crippen LogP contribution in [0.15, 0.2) is 30.6 Å². The zero-order chi connectivity index (χ0) is 31.1. The van der Waals surface area contributed by atoms with Gasteiger partial charge >= 0.3 is 0 Å². The zero-order valence-electron chi connectivity index (χ0n) is 26.2. The van der Waals surface area contributed by atoms with Gasteiger partial charge in [-0.25, -0.2) is 9.97 Å². The Morgan fingerprint density at radius 2 is 1.82 bits per heavy atom. The summed E-state index contributed by atoms with van der Waals surface area (Å²) in [6, 6.07) is 7.68. The number of carbonyl (C=O) groups is 2. The number of nitrogens with two attached hydrogens (primary N) is 1.